The third kappa shape index (κ3) is 6.00. The minimum atomic E-state index is -1.87. The number of ether oxygens (including phenoxy) is 1. The fourth-order valence-electron chi connectivity index (χ4n) is 1.48. The maximum absolute atomic E-state index is 11.2. The van der Waals surface area contributed by atoms with Gasteiger partial charge in [0, 0.05) is 5.57 Å². The fraction of sp³-hybridized carbons (Fsp3) is 0.727. The number of esters is 1. The molecule has 0 amide bonds. The van der Waals surface area contributed by atoms with Gasteiger partial charge in [0.1, 0.15) is 0 Å². The first-order valence-corrected chi connectivity index (χ1v) is 9.10. The smallest absolute Gasteiger partial charge is 0.332 e. The number of carbonyl (C=O) groups excluding carboxylic acids is 1. The molecule has 4 heteroatoms. The van der Waals surface area contributed by atoms with Crippen LogP contribution in [0.3, 0.4) is 0 Å². The summed E-state index contributed by atoms with van der Waals surface area (Å²) < 4.78 is 5.17. The highest BCUT2D eigenvalue weighted by Crippen LogP contribution is 2.24. The zero-order valence-corrected chi connectivity index (χ0v) is 11.7. The summed E-state index contributed by atoms with van der Waals surface area (Å²) in [6.07, 6.45) is 2.53. The normalized spacial score (nSPS) is 11.2. The molecule has 2 nitrogen and oxygen atoms in total. The number of hydrogen-bond acceptors (Lipinski definition) is 2. The standard InChI is InChI=1S/C11H21ClO2Si/c1-5-7-15(12,8-6-2)9-14-11(13)10(3)4/h3,5-9H2,1-2,4H3. The first kappa shape index (κ1) is 14.7. The highest BCUT2D eigenvalue weighted by Gasteiger charge is 2.30. The van der Waals surface area contributed by atoms with E-state index in [0.29, 0.717) is 11.8 Å². The van der Waals surface area contributed by atoms with E-state index in [9.17, 15) is 4.79 Å². The Kier molecular flexibility index (Phi) is 6.93. The van der Waals surface area contributed by atoms with Gasteiger partial charge in [-0.2, -0.15) is 11.1 Å². The Balaban J connectivity index is 4.17. The van der Waals surface area contributed by atoms with Crippen LogP contribution in [0.1, 0.15) is 33.6 Å². The summed E-state index contributed by atoms with van der Waals surface area (Å²) >= 11 is 6.52. The molecule has 0 atom stereocenters. The van der Waals surface area contributed by atoms with Gasteiger partial charge in [-0.1, -0.05) is 33.3 Å². The van der Waals surface area contributed by atoms with E-state index < -0.39 is 7.38 Å². The van der Waals surface area contributed by atoms with Gasteiger partial charge in [-0.15, -0.1) is 0 Å². The Morgan fingerprint density at radius 3 is 2.13 bits per heavy atom. The molecule has 0 fully saturated rings. The lowest BCUT2D eigenvalue weighted by Gasteiger charge is -2.22. The average Bonchev–Trinajstić information content (AvgIpc) is 2.15. The predicted octanol–water partition coefficient (Wildman–Crippen LogP) is 3.65. The van der Waals surface area contributed by atoms with E-state index >= 15 is 0 Å². The van der Waals surface area contributed by atoms with Crippen LogP contribution < -0.4 is 0 Å². The molecule has 0 aliphatic rings. The van der Waals surface area contributed by atoms with E-state index in [0.717, 1.165) is 24.9 Å². The minimum absolute atomic E-state index is 0.320. The van der Waals surface area contributed by atoms with Crippen molar-refractivity contribution in [3.63, 3.8) is 0 Å². The molecule has 0 saturated carbocycles. The topological polar surface area (TPSA) is 26.3 Å². The molecule has 0 aliphatic carbocycles. The van der Waals surface area contributed by atoms with Gasteiger partial charge in [0.15, 0.2) is 7.38 Å². The molecule has 0 radical (unpaired) electrons. The highest BCUT2D eigenvalue weighted by molar-refractivity contribution is 7.20. The van der Waals surface area contributed by atoms with E-state index in [1.165, 1.54) is 0 Å². The van der Waals surface area contributed by atoms with E-state index in [-0.39, 0.29) is 5.97 Å². The molecule has 0 saturated heterocycles. The largest absolute Gasteiger partial charge is 0.465 e. The van der Waals surface area contributed by atoms with Gasteiger partial charge in [0.2, 0.25) is 0 Å². The molecule has 0 aromatic heterocycles. The third-order valence-corrected chi connectivity index (χ3v) is 7.12. The second-order valence-electron chi connectivity index (χ2n) is 4.01. The Morgan fingerprint density at radius 1 is 1.33 bits per heavy atom. The van der Waals surface area contributed by atoms with Crippen LogP contribution in [-0.2, 0) is 9.53 Å². The molecule has 0 rings (SSSR count). The van der Waals surface area contributed by atoms with Crippen LogP contribution in [0.2, 0.25) is 12.1 Å². The zero-order chi connectivity index (χ0) is 11.9. The van der Waals surface area contributed by atoms with Crippen molar-refractivity contribution < 1.29 is 9.53 Å². The summed E-state index contributed by atoms with van der Waals surface area (Å²) in [5.41, 5.74) is 0.441. The number of rotatable bonds is 7. The summed E-state index contributed by atoms with van der Waals surface area (Å²) in [5, 5.41) is 0. The lowest BCUT2D eigenvalue weighted by molar-refractivity contribution is -0.137. The second kappa shape index (κ2) is 7.07. The lowest BCUT2D eigenvalue weighted by Crippen LogP contribution is -2.34. The first-order valence-electron chi connectivity index (χ1n) is 5.46. The third-order valence-electron chi connectivity index (χ3n) is 2.21. The fourth-order valence-corrected chi connectivity index (χ4v) is 5.50. The summed E-state index contributed by atoms with van der Waals surface area (Å²) in [5.74, 6) is -0.320. The molecule has 15 heavy (non-hydrogen) atoms. The summed E-state index contributed by atoms with van der Waals surface area (Å²) in [6.45, 7) is 9.42. The van der Waals surface area contributed by atoms with Crippen LogP contribution in [0.4, 0.5) is 0 Å². The van der Waals surface area contributed by atoms with Crippen molar-refractivity contribution in [1.29, 1.82) is 0 Å². The van der Waals surface area contributed by atoms with Gasteiger partial charge in [0.05, 0.1) is 6.23 Å². The quantitative estimate of drug-likeness (QED) is 0.298. The Bertz CT molecular complexity index is 223. The van der Waals surface area contributed by atoms with Crippen molar-refractivity contribution in [2.24, 2.45) is 0 Å². The summed E-state index contributed by atoms with van der Waals surface area (Å²) in [7, 11) is -1.87. The molecule has 0 aliphatic heterocycles. The average molecular weight is 249 g/mol. The van der Waals surface area contributed by atoms with Crippen LogP contribution in [0.5, 0.6) is 0 Å². The Morgan fingerprint density at radius 2 is 1.80 bits per heavy atom. The molecule has 0 heterocycles. The lowest BCUT2D eigenvalue weighted by atomic mass is 10.4. The van der Waals surface area contributed by atoms with Crippen molar-refractivity contribution >= 4 is 24.4 Å². The van der Waals surface area contributed by atoms with E-state index in [2.05, 4.69) is 20.4 Å². The second-order valence-corrected chi connectivity index (χ2v) is 10.0. The molecule has 0 aromatic rings. The molecule has 0 N–H and O–H groups in total. The van der Waals surface area contributed by atoms with Crippen LogP contribution in [0.15, 0.2) is 12.2 Å². The molecular weight excluding hydrogens is 228 g/mol. The number of hydrogen-bond donors (Lipinski definition) is 0. The molecular formula is C11H21ClO2Si. The van der Waals surface area contributed by atoms with Crippen molar-refractivity contribution in [2.45, 2.75) is 45.7 Å². The number of carbonyl (C=O) groups is 1. The summed E-state index contributed by atoms with van der Waals surface area (Å²) in [6, 6.07) is 2.01. The van der Waals surface area contributed by atoms with Crippen LogP contribution >= 0.6 is 11.1 Å². The SMILES string of the molecule is C=C(C)C(=O)OC[Si](Cl)(CCC)CCC. The maximum Gasteiger partial charge on any atom is 0.332 e. The zero-order valence-electron chi connectivity index (χ0n) is 9.94. The van der Waals surface area contributed by atoms with Gasteiger partial charge in [0.25, 0.3) is 0 Å². The summed E-state index contributed by atoms with van der Waals surface area (Å²) in [4.78, 5) is 11.2. The molecule has 0 unspecified atom stereocenters. The van der Waals surface area contributed by atoms with Crippen molar-refractivity contribution in [3.8, 4) is 0 Å². The van der Waals surface area contributed by atoms with Gasteiger partial charge in [-0.25, -0.2) is 4.79 Å². The molecule has 88 valence electrons. The van der Waals surface area contributed by atoms with Gasteiger partial charge in [-0.3, -0.25) is 0 Å². The number of halogens is 1. The Hall–Kier alpha value is -0.283. The van der Waals surface area contributed by atoms with E-state index in [1.807, 2.05) is 0 Å². The monoisotopic (exact) mass is 248 g/mol. The van der Waals surface area contributed by atoms with Crippen LogP contribution in [0.25, 0.3) is 0 Å². The van der Waals surface area contributed by atoms with E-state index in [1.54, 1.807) is 6.92 Å². The van der Waals surface area contributed by atoms with Crippen molar-refractivity contribution in [3.05, 3.63) is 12.2 Å². The highest BCUT2D eigenvalue weighted by atomic mass is 35.6. The van der Waals surface area contributed by atoms with E-state index in [4.69, 9.17) is 15.8 Å². The van der Waals surface area contributed by atoms with Gasteiger partial charge in [-0.05, 0) is 19.0 Å². The van der Waals surface area contributed by atoms with Crippen molar-refractivity contribution in [1.82, 2.24) is 0 Å². The Labute approximate surface area is 98.4 Å². The van der Waals surface area contributed by atoms with Gasteiger partial charge < -0.3 is 4.74 Å². The van der Waals surface area contributed by atoms with Crippen LogP contribution in [-0.4, -0.2) is 19.6 Å². The van der Waals surface area contributed by atoms with Gasteiger partial charge >= 0.3 is 5.97 Å². The van der Waals surface area contributed by atoms with Crippen LogP contribution in [0, 0.1) is 0 Å². The minimum Gasteiger partial charge on any atom is -0.465 e. The molecule has 0 bridgehead atoms. The maximum atomic E-state index is 11.2. The predicted molar refractivity (Wildman–Crippen MR) is 67.6 cm³/mol. The molecule has 0 aromatic carbocycles. The van der Waals surface area contributed by atoms with Crippen molar-refractivity contribution in [2.75, 3.05) is 6.23 Å². The first-order chi connectivity index (χ1) is 6.95. The molecule has 0 spiro atoms.